The molecule has 0 fully saturated rings. The number of hydrazone groups is 1. The van der Waals surface area contributed by atoms with Gasteiger partial charge in [-0.2, -0.15) is 5.10 Å². The minimum Gasteiger partial charge on any atom is -0.490 e. The van der Waals surface area contributed by atoms with Gasteiger partial charge in [0.25, 0.3) is 0 Å². The van der Waals surface area contributed by atoms with E-state index in [9.17, 15) is 9.59 Å². The third kappa shape index (κ3) is 7.58. The molecule has 0 saturated heterocycles. The number of ether oxygens (including phenoxy) is 2. The molecule has 2 aromatic carbocycles. The molecular formula is C23H29N3O4. The second-order valence-corrected chi connectivity index (χ2v) is 6.64. The van der Waals surface area contributed by atoms with Crippen LogP contribution < -0.4 is 20.2 Å². The molecule has 7 nitrogen and oxygen atoms in total. The summed E-state index contributed by atoms with van der Waals surface area (Å²) in [5.41, 5.74) is 4.92. The van der Waals surface area contributed by atoms with Gasteiger partial charge in [0, 0.05) is 18.5 Å². The van der Waals surface area contributed by atoms with Crippen LogP contribution in [0.25, 0.3) is 0 Å². The van der Waals surface area contributed by atoms with E-state index in [0.29, 0.717) is 24.7 Å². The normalized spacial score (nSPS) is 10.6. The van der Waals surface area contributed by atoms with E-state index in [2.05, 4.69) is 15.8 Å². The SMILES string of the molecule is CCCOc1ccc(C=NNC(=O)CCC(=O)Nc2ccccc2C)cc1OCC. The van der Waals surface area contributed by atoms with Crippen molar-refractivity contribution in [3.8, 4) is 11.5 Å². The molecule has 0 radical (unpaired) electrons. The number of amides is 2. The fourth-order valence-electron chi connectivity index (χ4n) is 2.59. The predicted molar refractivity (Wildman–Crippen MR) is 118 cm³/mol. The predicted octanol–water partition coefficient (Wildman–Crippen LogP) is 4.05. The van der Waals surface area contributed by atoms with Gasteiger partial charge in [-0.1, -0.05) is 25.1 Å². The maximum Gasteiger partial charge on any atom is 0.240 e. The average molecular weight is 412 g/mol. The number of carbonyl (C=O) groups is 2. The van der Waals surface area contributed by atoms with Crippen molar-refractivity contribution < 1.29 is 19.1 Å². The Kier molecular flexibility index (Phi) is 9.37. The summed E-state index contributed by atoms with van der Waals surface area (Å²) in [5.74, 6) is 0.764. The molecule has 0 heterocycles. The minimum absolute atomic E-state index is 0.0447. The standard InChI is InChI=1S/C23H29N3O4/c1-4-14-30-20-11-10-18(15-21(20)29-5-2)16-24-26-23(28)13-12-22(27)25-19-9-7-6-8-17(19)3/h6-11,15-16H,4-5,12-14H2,1-3H3,(H,25,27)(H,26,28). The molecule has 2 amide bonds. The van der Waals surface area contributed by atoms with Crippen molar-refractivity contribution in [1.82, 2.24) is 5.43 Å². The molecule has 0 bridgehead atoms. The van der Waals surface area contributed by atoms with Gasteiger partial charge in [-0.25, -0.2) is 5.43 Å². The largest absolute Gasteiger partial charge is 0.490 e. The molecule has 160 valence electrons. The van der Waals surface area contributed by atoms with Gasteiger partial charge in [-0.05, 0) is 55.7 Å². The molecule has 0 spiro atoms. The van der Waals surface area contributed by atoms with Gasteiger partial charge in [0.1, 0.15) is 0 Å². The van der Waals surface area contributed by atoms with Crippen LogP contribution in [0.3, 0.4) is 0 Å². The number of para-hydroxylation sites is 1. The monoisotopic (exact) mass is 411 g/mol. The van der Waals surface area contributed by atoms with Crippen molar-refractivity contribution in [2.24, 2.45) is 5.10 Å². The lowest BCUT2D eigenvalue weighted by molar-refractivity contribution is -0.124. The first-order valence-electron chi connectivity index (χ1n) is 10.1. The number of anilines is 1. The van der Waals surface area contributed by atoms with Gasteiger partial charge in [0.05, 0.1) is 19.4 Å². The first-order valence-corrected chi connectivity index (χ1v) is 10.1. The van der Waals surface area contributed by atoms with Gasteiger partial charge in [-0.15, -0.1) is 0 Å². The van der Waals surface area contributed by atoms with E-state index < -0.39 is 0 Å². The first kappa shape index (κ1) is 22.9. The van der Waals surface area contributed by atoms with Crippen molar-refractivity contribution in [1.29, 1.82) is 0 Å². The van der Waals surface area contributed by atoms with E-state index >= 15 is 0 Å². The molecule has 7 heteroatoms. The number of carbonyl (C=O) groups excluding carboxylic acids is 2. The van der Waals surface area contributed by atoms with Crippen LogP contribution in [-0.4, -0.2) is 31.2 Å². The molecule has 2 rings (SSSR count). The van der Waals surface area contributed by atoms with Crippen LogP contribution in [0, 0.1) is 6.92 Å². The van der Waals surface area contributed by atoms with Crippen LogP contribution in [0.5, 0.6) is 11.5 Å². The number of aryl methyl sites for hydroxylation is 1. The highest BCUT2D eigenvalue weighted by Gasteiger charge is 2.08. The van der Waals surface area contributed by atoms with Crippen LogP contribution in [0.2, 0.25) is 0 Å². The van der Waals surface area contributed by atoms with Crippen LogP contribution in [0.15, 0.2) is 47.6 Å². The smallest absolute Gasteiger partial charge is 0.240 e. The maximum absolute atomic E-state index is 12.0. The lowest BCUT2D eigenvalue weighted by Gasteiger charge is -2.11. The zero-order valence-electron chi connectivity index (χ0n) is 17.7. The topological polar surface area (TPSA) is 89.0 Å². The summed E-state index contributed by atoms with van der Waals surface area (Å²) in [6.07, 6.45) is 2.55. The second kappa shape index (κ2) is 12.3. The minimum atomic E-state index is -0.334. The summed E-state index contributed by atoms with van der Waals surface area (Å²) in [6.45, 7) is 6.98. The van der Waals surface area contributed by atoms with Gasteiger partial charge < -0.3 is 14.8 Å². The molecule has 0 unspecified atom stereocenters. The van der Waals surface area contributed by atoms with Crippen LogP contribution >= 0.6 is 0 Å². The van der Waals surface area contributed by atoms with E-state index in [4.69, 9.17) is 9.47 Å². The number of hydrogen-bond acceptors (Lipinski definition) is 5. The highest BCUT2D eigenvalue weighted by molar-refractivity contribution is 5.94. The molecule has 0 saturated carbocycles. The van der Waals surface area contributed by atoms with Gasteiger partial charge in [0.15, 0.2) is 11.5 Å². The number of benzene rings is 2. The molecule has 2 N–H and O–H groups in total. The molecular weight excluding hydrogens is 382 g/mol. The van der Waals surface area contributed by atoms with Crippen LogP contribution in [0.4, 0.5) is 5.69 Å². The number of hydrogen-bond donors (Lipinski definition) is 2. The van der Waals surface area contributed by atoms with Crippen LogP contribution in [0.1, 0.15) is 44.2 Å². The van der Waals surface area contributed by atoms with Crippen molar-refractivity contribution in [3.63, 3.8) is 0 Å². The molecule has 0 aliphatic carbocycles. The Labute approximate surface area is 177 Å². The van der Waals surface area contributed by atoms with Crippen molar-refractivity contribution in [2.75, 3.05) is 18.5 Å². The zero-order chi connectivity index (χ0) is 21.8. The first-order chi connectivity index (χ1) is 14.5. The van der Waals surface area contributed by atoms with Gasteiger partial charge in [-0.3, -0.25) is 9.59 Å². The van der Waals surface area contributed by atoms with Crippen molar-refractivity contribution in [2.45, 2.75) is 40.0 Å². The average Bonchev–Trinajstić information content (AvgIpc) is 2.73. The number of nitrogens with one attached hydrogen (secondary N) is 2. The lowest BCUT2D eigenvalue weighted by atomic mass is 10.2. The Balaban J connectivity index is 1.82. The third-order valence-electron chi connectivity index (χ3n) is 4.13. The molecule has 0 atom stereocenters. The molecule has 30 heavy (non-hydrogen) atoms. The summed E-state index contributed by atoms with van der Waals surface area (Å²) >= 11 is 0. The van der Waals surface area contributed by atoms with Gasteiger partial charge in [0.2, 0.25) is 11.8 Å². The Morgan fingerprint density at radius 1 is 1.00 bits per heavy atom. The Morgan fingerprint density at radius 3 is 2.50 bits per heavy atom. The van der Waals surface area contributed by atoms with E-state index in [1.54, 1.807) is 6.07 Å². The van der Waals surface area contributed by atoms with E-state index in [0.717, 1.165) is 23.2 Å². The Bertz CT molecular complexity index is 881. The molecule has 2 aromatic rings. The summed E-state index contributed by atoms with van der Waals surface area (Å²) in [7, 11) is 0. The fraction of sp³-hybridized carbons (Fsp3) is 0.348. The zero-order valence-corrected chi connectivity index (χ0v) is 17.7. The number of nitrogens with zero attached hydrogens (tertiary/aromatic N) is 1. The Hall–Kier alpha value is -3.35. The Morgan fingerprint density at radius 2 is 1.77 bits per heavy atom. The second-order valence-electron chi connectivity index (χ2n) is 6.64. The van der Waals surface area contributed by atoms with Crippen molar-refractivity contribution >= 4 is 23.7 Å². The highest BCUT2D eigenvalue weighted by Crippen LogP contribution is 2.28. The molecule has 0 aliphatic rings. The highest BCUT2D eigenvalue weighted by atomic mass is 16.5. The maximum atomic E-state index is 12.0. The van der Waals surface area contributed by atoms with Crippen LogP contribution in [-0.2, 0) is 9.59 Å². The molecule has 0 aromatic heterocycles. The molecule has 0 aliphatic heterocycles. The number of rotatable bonds is 11. The summed E-state index contributed by atoms with van der Waals surface area (Å²) in [6, 6.07) is 12.9. The fourth-order valence-corrected chi connectivity index (χ4v) is 2.59. The van der Waals surface area contributed by atoms with E-state index in [-0.39, 0.29) is 24.7 Å². The third-order valence-corrected chi connectivity index (χ3v) is 4.13. The van der Waals surface area contributed by atoms with E-state index in [1.807, 2.05) is 57.2 Å². The quantitative estimate of drug-likeness (QED) is 0.431. The summed E-state index contributed by atoms with van der Waals surface area (Å²) in [5, 5.41) is 6.76. The summed E-state index contributed by atoms with van der Waals surface area (Å²) in [4.78, 5) is 24.0. The van der Waals surface area contributed by atoms with E-state index in [1.165, 1.54) is 6.21 Å². The summed E-state index contributed by atoms with van der Waals surface area (Å²) < 4.78 is 11.3. The lowest BCUT2D eigenvalue weighted by Crippen LogP contribution is -2.20. The van der Waals surface area contributed by atoms with Gasteiger partial charge >= 0.3 is 0 Å². The van der Waals surface area contributed by atoms with Crippen molar-refractivity contribution in [3.05, 3.63) is 53.6 Å².